The quantitative estimate of drug-likeness (QED) is 0.828. The van der Waals surface area contributed by atoms with Crippen molar-refractivity contribution >= 4 is 23.3 Å². The molecule has 2 aromatic carbocycles. The molecule has 0 radical (unpaired) electrons. The largest absolute Gasteiger partial charge is 0.495 e. The average molecular weight is 389 g/mol. The second kappa shape index (κ2) is 6.49. The van der Waals surface area contributed by atoms with Gasteiger partial charge in [-0.1, -0.05) is 23.7 Å². The van der Waals surface area contributed by atoms with Crippen molar-refractivity contribution in [3.8, 4) is 17.2 Å². The first kappa shape index (κ1) is 18.0. The van der Waals surface area contributed by atoms with Gasteiger partial charge >= 0.3 is 18.1 Å². The van der Waals surface area contributed by atoms with Crippen molar-refractivity contribution in [3.63, 3.8) is 0 Å². The summed E-state index contributed by atoms with van der Waals surface area (Å²) in [5.41, 5.74) is 0.170. The lowest BCUT2D eigenvalue weighted by atomic mass is 10.3. The van der Waals surface area contributed by atoms with Gasteiger partial charge in [0.05, 0.1) is 12.8 Å². The van der Waals surface area contributed by atoms with Gasteiger partial charge in [-0.25, -0.2) is 4.79 Å². The molecule has 3 rings (SSSR count). The third kappa shape index (κ3) is 3.30. The molecule has 1 aliphatic rings. The summed E-state index contributed by atoms with van der Waals surface area (Å²) in [5, 5.41) is 4.10. The molecular weight excluding hydrogens is 377 g/mol. The number of methoxy groups -OCH3 is 1. The Hall–Kier alpha value is -2.81. The highest BCUT2D eigenvalue weighted by Crippen LogP contribution is 2.46. The molecule has 0 spiro atoms. The number of anilines is 1. The number of benzene rings is 2. The normalized spacial score (nSPS) is 18.3. The van der Waals surface area contributed by atoms with Crippen LogP contribution < -0.4 is 24.8 Å². The van der Waals surface area contributed by atoms with Crippen LogP contribution in [-0.4, -0.2) is 25.2 Å². The standard InChI is InChI=1S/C16H12ClF3N2O4/c1-24-11-5-3-2-4-10(11)21-14(23)22-16(15(18,19)20)25-12-7-6-9(17)8-13(12)26-16/h2-8H,1H3,(H2,21,22,23). The number of para-hydroxylation sites is 2. The fraction of sp³-hybridized carbons (Fsp3) is 0.188. The maximum absolute atomic E-state index is 13.6. The Bertz CT molecular complexity index is 846. The minimum absolute atomic E-state index is 0.156. The molecule has 0 bridgehead atoms. The van der Waals surface area contributed by atoms with E-state index in [2.05, 4.69) is 5.32 Å². The second-order valence-corrected chi connectivity index (χ2v) is 5.63. The number of nitrogens with one attached hydrogen (secondary N) is 2. The summed E-state index contributed by atoms with van der Waals surface area (Å²) in [6, 6.07) is 8.73. The number of rotatable bonds is 3. The number of fused-ring (bicyclic) bond motifs is 1. The van der Waals surface area contributed by atoms with E-state index in [1.807, 2.05) is 0 Å². The van der Waals surface area contributed by atoms with Crippen molar-refractivity contribution in [1.82, 2.24) is 5.32 Å². The molecule has 6 nitrogen and oxygen atoms in total. The van der Waals surface area contributed by atoms with Crippen LogP contribution in [0.15, 0.2) is 42.5 Å². The fourth-order valence-corrected chi connectivity index (χ4v) is 2.43. The van der Waals surface area contributed by atoms with Crippen molar-refractivity contribution in [3.05, 3.63) is 47.5 Å². The molecule has 138 valence electrons. The Morgan fingerprint density at radius 3 is 2.54 bits per heavy atom. The van der Waals surface area contributed by atoms with Crippen LogP contribution in [0.3, 0.4) is 0 Å². The number of urea groups is 1. The van der Waals surface area contributed by atoms with Crippen LogP contribution in [0.25, 0.3) is 0 Å². The van der Waals surface area contributed by atoms with E-state index in [-0.39, 0.29) is 28.0 Å². The van der Waals surface area contributed by atoms with E-state index in [0.29, 0.717) is 0 Å². The SMILES string of the molecule is COc1ccccc1NC(=O)NC1(C(F)(F)F)Oc2ccc(Cl)cc2O1. The van der Waals surface area contributed by atoms with Gasteiger partial charge in [0.1, 0.15) is 5.75 Å². The molecule has 0 saturated heterocycles. The number of hydrogen-bond acceptors (Lipinski definition) is 4. The molecule has 0 aromatic heterocycles. The van der Waals surface area contributed by atoms with E-state index >= 15 is 0 Å². The van der Waals surface area contributed by atoms with Crippen LogP contribution in [-0.2, 0) is 0 Å². The van der Waals surface area contributed by atoms with Crippen LogP contribution in [0.5, 0.6) is 17.2 Å². The molecular formula is C16H12ClF3N2O4. The van der Waals surface area contributed by atoms with Crippen LogP contribution in [0.4, 0.5) is 23.7 Å². The number of alkyl halides is 3. The van der Waals surface area contributed by atoms with Gasteiger partial charge < -0.3 is 19.5 Å². The summed E-state index contributed by atoms with van der Waals surface area (Å²) in [6.45, 7) is 0. The van der Waals surface area contributed by atoms with E-state index in [9.17, 15) is 18.0 Å². The van der Waals surface area contributed by atoms with Crippen LogP contribution in [0, 0.1) is 0 Å². The fourth-order valence-electron chi connectivity index (χ4n) is 2.27. The van der Waals surface area contributed by atoms with Crippen molar-refractivity contribution in [2.24, 2.45) is 0 Å². The highest BCUT2D eigenvalue weighted by Gasteiger charge is 2.65. The summed E-state index contributed by atoms with van der Waals surface area (Å²) in [5.74, 6) is -3.56. The van der Waals surface area contributed by atoms with E-state index in [1.54, 1.807) is 17.4 Å². The highest BCUT2D eigenvalue weighted by molar-refractivity contribution is 6.30. The van der Waals surface area contributed by atoms with Gasteiger partial charge in [0, 0.05) is 11.1 Å². The minimum atomic E-state index is -5.07. The van der Waals surface area contributed by atoms with Gasteiger partial charge in [-0.3, -0.25) is 5.32 Å². The molecule has 10 heteroatoms. The number of carbonyl (C=O) groups is 1. The molecule has 1 atom stereocenters. The Kier molecular flexibility index (Phi) is 4.49. The van der Waals surface area contributed by atoms with Gasteiger partial charge in [0.25, 0.3) is 0 Å². The third-order valence-electron chi connectivity index (χ3n) is 3.42. The number of hydrogen-bond donors (Lipinski definition) is 2. The molecule has 1 aliphatic heterocycles. The van der Waals surface area contributed by atoms with Crippen molar-refractivity contribution in [2.75, 3.05) is 12.4 Å². The number of carbonyl (C=O) groups excluding carboxylic acids is 1. The molecule has 1 unspecified atom stereocenters. The molecule has 2 amide bonds. The monoisotopic (exact) mass is 388 g/mol. The smallest absolute Gasteiger partial charge is 0.492 e. The molecule has 0 fully saturated rings. The molecule has 2 N–H and O–H groups in total. The zero-order valence-corrected chi connectivity index (χ0v) is 13.9. The summed E-state index contributed by atoms with van der Waals surface area (Å²) in [6.07, 6.45) is -5.07. The average Bonchev–Trinajstić information content (AvgIpc) is 2.93. The first-order chi connectivity index (χ1) is 12.2. The van der Waals surface area contributed by atoms with E-state index < -0.39 is 18.1 Å². The maximum atomic E-state index is 13.6. The van der Waals surface area contributed by atoms with Gasteiger partial charge in [0.15, 0.2) is 11.5 Å². The summed E-state index contributed by atoms with van der Waals surface area (Å²) < 4.78 is 55.5. The Balaban J connectivity index is 1.84. The predicted molar refractivity (Wildman–Crippen MR) is 86.6 cm³/mol. The van der Waals surface area contributed by atoms with Crippen LogP contribution in [0.2, 0.25) is 5.02 Å². The van der Waals surface area contributed by atoms with Gasteiger partial charge in [-0.2, -0.15) is 13.2 Å². The minimum Gasteiger partial charge on any atom is -0.495 e. The lowest BCUT2D eigenvalue weighted by Crippen LogP contribution is -2.65. The Labute approximate surface area is 150 Å². The third-order valence-corrected chi connectivity index (χ3v) is 3.65. The van der Waals surface area contributed by atoms with Crippen LogP contribution >= 0.6 is 11.6 Å². The molecule has 0 aliphatic carbocycles. The zero-order chi connectivity index (χ0) is 18.9. The number of amides is 2. The highest BCUT2D eigenvalue weighted by atomic mass is 35.5. The van der Waals surface area contributed by atoms with Gasteiger partial charge in [-0.15, -0.1) is 0 Å². The molecule has 2 aromatic rings. The van der Waals surface area contributed by atoms with Gasteiger partial charge in [0.2, 0.25) is 0 Å². The first-order valence-electron chi connectivity index (χ1n) is 7.20. The molecule has 0 saturated carbocycles. The molecule has 26 heavy (non-hydrogen) atoms. The molecule has 1 heterocycles. The van der Waals surface area contributed by atoms with Crippen molar-refractivity contribution in [2.45, 2.75) is 12.1 Å². The number of ether oxygens (including phenoxy) is 3. The zero-order valence-electron chi connectivity index (χ0n) is 13.2. The lowest BCUT2D eigenvalue weighted by Gasteiger charge is -2.29. The first-order valence-corrected chi connectivity index (χ1v) is 7.58. The predicted octanol–water partition coefficient (Wildman–Crippen LogP) is 4.16. The Morgan fingerprint density at radius 2 is 1.85 bits per heavy atom. The van der Waals surface area contributed by atoms with Crippen molar-refractivity contribution < 1.29 is 32.2 Å². The topological polar surface area (TPSA) is 68.8 Å². The summed E-state index contributed by atoms with van der Waals surface area (Å²) >= 11 is 5.75. The van der Waals surface area contributed by atoms with Gasteiger partial charge in [-0.05, 0) is 24.3 Å². The van der Waals surface area contributed by atoms with Crippen molar-refractivity contribution in [1.29, 1.82) is 0 Å². The van der Waals surface area contributed by atoms with Crippen LogP contribution in [0.1, 0.15) is 0 Å². The number of halogens is 4. The van der Waals surface area contributed by atoms with E-state index in [0.717, 1.165) is 6.07 Å². The maximum Gasteiger partial charge on any atom is 0.492 e. The summed E-state index contributed by atoms with van der Waals surface area (Å²) in [7, 11) is 1.36. The second-order valence-electron chi connectivity index (χ2n) is 5.19. The Morgan fingerprint density at radius 1 is 1.15 bits per heavy atom. The van der Waals surface area contributed by atoms with E-state index in [1.165, 1.54) is 31.4 Å². The lowest BCUT2D eigenvalue weighted by molar-refractivity contribution is -0.317. The summed E-state index contributed by atoms with van der Waals surface area (Å²) in [4.78, 5) is 12.1. The van der Waals surface area contributed by atoms with E-state index in [4.69, 9.17) is 25.8 Å².